The lowest BCUT2D eigenvalue weighted by Crippen LogP contribution is -2.33. The number of nitro benzene ring substituents is 1. The van der Waals surface area contributed by atoms with Gasteiger partial charge in [-0.05, 0) is 37.2 Å². The summed E-state index contributed by atoms with van der Waals surface area (Å²) in [4.78, 5) is 22.4. The van der Waals surface area contributed by atoms with Crippen LogP contribution in [0.15, 0.2) is 27.7 Å². The largest absolute Gasteiger partial charge is 0.538 e. The van der Waals surface area contributed by atoms with E-state index >= 15 is 0 Å². The molecule has 10 heteroatoms. The molecular weight excluding hydrogens is 324 g/mol. The predicted molar refractivity (Wildman–Crippen MR) is 78.9 cm³/mol. The molecular formula is C13H14N4O5S. The van der Waals surface area contributed by atoms with Crippen molar-refractivity contribution in [2.45, 2.75) is 24.1 Å². The Hall–Kier alpha value is -2.62. The molecule has 23 heavy (non-hydrogen) atoms. The Morgan fingerprint density at radius 2 is 2.22 bits per heavy atom. The number of thioether (sulfide) groups is 1. The van der Waals surface area contributed by atoms with Gasteiger partial charge in [-0.2, -0.15) is 0 Å². The zero-order valence-corrected chi connectivity index (χ0v) is 13.4. The van der Waals surface area contributed by atoms with Gasteiger partial charge in [0.2, 0.25) is 5.91 Å². The van der Waals surface area contributed by atoms with Crippen molar-refractivity contribution in [2.75, 3.05) is 5.32 Å². The lowest BCUT2D eigenvalue weighted by atomic mass is 10.2. The second-order valence-corrected chi connectivity index (χ2v) is 6.12. The van der Waals surface area contributed by atoms with Gasteiger partial charge >= 0.3 is 0 Å². The summed E-state index contributed by atoms with van der Waals surface area (Å²) in [7, 11) is 1.54. The van der Waals surface area contributed by atoms with E-state index in [2.05, 4.69) is 15.1 Å². The van der Waals surface area contributed by atoms with Crippen LogP contribution in [0.2, 0.25) is 0 Å². The molecule has 1 aromatic carbocycles. The van der Waals surface area contributed by atoms with Gasteiger partial charge in [-0.3, -0.25) is 14.9 Å². The van der Waals surface area contributed by atoms with E-state index in [0.29, 0.717) is 11.3 Å². The molecule has 0 fully saturated rings. The summed E-state index contributed by atoms with van der Waals surface area (Å²) in [5, 5.41) is 27.9. The van der Waals surface area contributed by atoms with Gasteiger partial charge in [0.05, 0.1) is 15.4 Å². The molecule has 0 saturated carbocycles. The van der Waals surface area contributed by atoms with Crippen LogP contribution in [0.4, 0.5) is 11.4 Å². The van der Waals surface area contributed by atoms with Crippen molar-refractivity contribution in [3.05, 3.63) is 33.9 Å². The van der Waals surface area contributed by atoms with Gasteiger partial charge in [-0.15, -0.1) is 0 Å². The van der Waals surface area contributed by atoms with Crippen molar-refractivity contribution < 1.29 is 24.0 Å². The highest BCUT2D eigenvalue weighted by atomic mass is 32.2. The number of aryl methyl sites for hydroxylation is 2. The lowest BCUT2D eigenvalue weighted by Gasteiger charge is -2.12. The van der Waals surface area contributed by atoms with E-state index in [9.17, 15) is 20.0 Å². The van der Waals surface area contributed by atoms with E-state index < -0.39 is 16.1 Å². The minimum Gasteiger partial charge on any atom is -0.538 e. The summed E-state index contributed by atoms with van der Waals surface area (Å²) in [5.74, 6) is -0.948. The molecule has 9 nitrogen and oxygen atoms in total. The molecule has 2 rings (SSSR count). The highest BCUT2D eigenvalue weighted by molar-refractivity contribution is 8.00. The highest BCUT2D eigenvalue weighted by Crippen LogP contribution is 2.27. The van der Waals surface area contributed by atoms with Crippen LogP contribution in [0.3, 0.4) is 0 Å². The van der Waals surface area contributed by atoms with Crippen molar-refractivity contribution in [3.63, 3.8) is 0 Å². The molecule has 1 N–H and O–H groups in total. The van der Waals surface area contributed by atoms with Gasteiger partial charge in [0.1, 0.15) is 0 Å². The third kappa shape index (κ3) is 3.77. The van der Waals surface area contributed by atoms with Crippen LogP contribution in [-0.4, -0.2) is 21.4 Å². The number of hydrogen-bond donors (Lipinski definition) is 1. The number of nitro groups is 1. The molecule has 0 spiro atoms. The number of nitrogens with zero attached hydrogens (tertiary/aromatic N) is 3. The van der Waals surface area contributed by atoms with Gasteiger partial charge in [0.15, 0.2) is 13.0 Å². The maximum Gasteiger partial charge on any atom is 0.291 e. The number of benzene rings is 1. The molecule has 1 atom stereocenters. The fourth-order valence-corrected chi connectivity index (χ4v) is 2.61. The molecule has 1 amide bonds. The van der Waals surface area contributed by atoms with E-state index in [1.807, 2.05) is 0 Å². The average molecular weight is 338 g/mol. The van der Waals surface area contributed by atoms with E-state index in [0.717, 1.165) is 11.8 Å². The fraction of sp³-hybridized carbons (Fsp3) is 0.308. The number of carbonyl (C=O) groups is 1. The summed E-state index contributed by atoms with van der Waals surface area (Å²) in [6, 6.07) is 4.17. The maximum absolute atomic E-state index is 12.2. The zero-order chi connectivity index (χ0) is 17.1. The molecule has 122 valence electrons. The second-order valence-electron chi connectivity index (χ2n) is 4.79. The Morgan fingerprint density at radius 1 is 1.52 bits per heavy atom. The molecule has 1 aromatic heterocycles. The number of hydrogen-bond acceptors (Lipinski definition) is 7. The van der Waals surface area contributed by atoms with Crippen molar-refractivity contribution in [1.82, 2.24) is 5.27 Å². The second kappa shape index (κ2) is 6.65. The third-order valence-corrected chi connectivity index (χ3v) is 4.27. The van der Waals surface area contributed by atoms with Crippen molar-refractivity contribution >= 4 is 29.0 Å². The van der Waals surface area contributed by atoms with E-state index in [1.165, 1.54) is 22.9 Å². The zero-order valence-electron chi connectivity index (χ0n) is 12.6. The summed E-state index contributed by atoms with van der Waals surface area (Å²) in [5.41, 5.74) is 1.00. The molecule has 0 aliphatic carbocycles. The number of carbonyl (C=O) groups excluding carboxylic acids is 1. The Labute approximate surface area is 135 Å². The van der Waals surface area contributed by atoms with E-state index in [-0.39, 0.29) is 16.6 Å². The number of rotatable bonds is 5. The number of anilines is 1. The van der Waals surface area contributed by atoms with Gasteiger partial charge in [0, 0.05) is 17.8 Å². The van der Waals surface area contributed by atoms with Crippen LogP contribution in [0.25, 0.3) is 0 Å². The quantitative estimate of drug-likeness (QED) is 0.372. The fourth-order valence-electron chi connectivity index (χ4n) is 1.79. The Bertz CT molecular complexity index is 741. The molecule has 0 radical (unpaired) electrons. The smallest absolute Gasteiger partial charge is 0.291 e. The monoisotopic (exact) mass is 338 g/mol. The normalized spacial score (nSPS) is 12.0. The number of nitrogens with one attached hydrogen (secondary N) is 1. The highest BCUT2D eigenvalue weighted by Gasteiger charge is 2.23. The van der Waals surface area contributed by atoms with Crippen LogP contribution >= 0.6 is 11.8 Å². The van der Waals surface area contributed by atoms with Gasteiger partial charge in [0.25, 0.3) is 10.7 Å². The van der Waals surface area contributed by atoms with Gasteiger partial charge in [-0.1, -0.05) is 4.68 Å². The first-order valence-corrected chi connectivity index (χ1v) is 7.43. The lowest BCUT2D eigenvalue weighted by molar-refractivity contribution is -0.772. The number of non-ortho nitro benzene ring substituents is 1. The minimum absolute atomic E-state index is 0.0459. The number of amides is 1. The van der Waals surface area contributed by atoms with Crippen LogP contribution in [0, 0.1) is 17.0 Å². The summed E-state index contributed by atoms with van der Waals surface area (Å²) < 4.78 is 5.75. The first kappa shape index (κ1) is 16.7. The summed E-state index contributed by atoms with van der Waals surface area (Å²) in [6.07, 6.45) is 0. The summed E-state index contributed by atoms with van der Waals surface area (Å²) >= 11 is 1.02. The maximum atomic E-state index is 12.2. The molecule has 1 unspecified atom stereocenters. The molecule has 2 aromatic rings. The van der Waals surface area contributed by atoms with Crippen molar-refractivity contribution in [1.29, 1.82) is 0 Å². The predicted octanol–water partition coefficient (Wildman–Crippen LogP) is 0.909. The van der Waals surface area contributed by atoms with Gasteiger partial charge in [-0.25, -0.2) is 0 Å². The third-order valence-electron chi connectivity index (χ3n) is 3.05. The molecule has 0 bridgehead atoms. The molecule has 0 aliphatic heterocycles. The Morgan fingerprint density at radius 3 is 2.74 bits per heavy atom. The summed E-state index contributed by atoms with van der Waals surface area (Å²) in [6.45, 7) is 3.29. The van der Waals surface area contributed by atoms with Crippen LogP contribution < -0.4 is 15.1 Å². The first-order chi connectivity index (χ1) is 10.8. The SMILES string of the molecule is Cc1cc([N+](=O)[O-])ccc1NC(=O)C(C)Sc1c([O-])on[n+]1C. The molecule has 1 heterocycles. The van der Waals surface area contributed by atoms with Crippen molar-refractivity contribution in [2.24, 2.45) is 7.05 Å². The first-order valence-electron chi connectivity index (χ1n) is 6.55. The Kier molecular flexibility index (Phi) is 4.84. The van der Waals surface area contributed by atoms with E-state index in [1.54, 1.807) is 20.9 Å². The molecule has 0 aliphatic rings. The average Bonchev–Trinajstić information content (AvgIpc) is 2.80. The minimum atomic E-state index is -0.608. The van der Waals surface area contributed by atoms with Gasteiger partial charge < -0.3 is 14.9 Å². The standard InChI is InChI=1S/C13H14N4O5S/c1-7-6-9(17(20)21)4-5-10(7)14-11(18)8(2)23-12-13(19)22-15-16(12)3/h4-6,8H,1-3H3,(H-,14,15,18,19). The molecule has 0 saturated heterocycles. The van der Waals surface area contributed by atoms with Crippen molar-refractivity contribution in [3.8, 4) is 5.95 Å². The van der Waals surface area contributed by atoms with Crippen LogP contribution in [0.1, 0.15) is 12.5 Å². The topological polar surface area (TPSA) is 125 Å². The van der Waals surface area contributed by atoms with Crippen LogP contribution in [-0.2, 0) is 11.8 Å². The number of aromatic nitrogens is 2. The van der Waals surface area contributed by atoms with E-state index in [4.69, 9.17) is 0 Å². The van der Waals surface area contributed by atoms with Crippen LogP contribution in [0.5, 0.6) is 5.95 Å². The Balaban J connectivity index is 2.08.